The van der Waals surface area contributed by atoms with Crippen molar-refractivity contribution in [2.24, 2.45) is 5.73 Å². The second kappa shape index (κ2) is 4.66. The number of nitrogens with two attached hydrogens (primary N) is 1. The van der Waals surface area contributed by atoms with Crippen LogP contribution in [-0.2, 0) is 11.3 Å². The Morgan fingerprint density at radius 1 is 1.37 bits per heavy atom. The van der Waals surface area contributed by atoms with Gasteiger partial charge in [0.15, 0.2) is 6.61 Å². The summed E-state index contributed by atoms with van der Waals surface area (Å²) in [7, 11) is 0. The van der Waals surface area contributed by atoms with Gasteiger partial charge < -0.3 is 15.8 Å². The molecule has 0 unspecified atom stereocenters. The number of benzene rings is 1. The van der Waals surface area contributed by atoms with Crippen LogP contribution in [0.25, 0.3) is 11.3 Å². The lowest BCUT2D eigenvalue weighted by atomic mass is 10.1. The second-order valence-electron chi connectivity index (χ2n) is 4.11. The Hall–Kier alpha value is -2.47. The molecule has 19 heavy (non-hydrogen) atoms. The second-order valence-corrected chi connectivity index (χ2v) is 4.11. The first-order chi connectivity index (χ1) is 9.26. The number of nitrogens with one attached hydrogen (secondary N) is 1. The quantitative estimate of drug-likeness (QED) is 0.834. The molecule has 1 aliphatic heterocycles. The first-order valence-electron chi connectivity index (χ1n) is 5.85. The SMILES string of the molecule is NCc1nccc(-c2ccc3c(c2)NC(=O)CO3)n1. The summed E-state index contributed by atoms with van der Waals surface area (Å²) in [5.41, 5.74) is 7.82. The first-order valence-corrected chi connectivity index (χ1v) is 5.85. The van der Waals surface area contributed by atoms with Crippen molar-refractivity contribution in [2.45, 2.75) is 6.54 Å². The van der Waals surface area contributed by atoms with Gasteiger partial charge in [-0.2, -0.15) is 0 Å². The maximum atomic E-state index is 11.3. The molecule has 1 aromatic carbocycles. The van der Waals surface area contributed by atoms with Gasteiger partial charge in [-0.05, 0) is 24.3 Å². The highest BCUT2D eigenvalue weighted by Gasteiger charge is 2.16. The van der Waals surface area contributed by atoms with E-state index in [1.165, 1.54) is 0 Å². The van der Waals surface area contributed by atoms with E-state index in [0.29, 0.717) is 23.8 Å². The monoisotopic (exact) mass is 256 g/mol. The van der Waals surface area contributed by atoms with Gasteiger partial charge in [0.05, 0.1) is 17.9 Å². The van der Waals surface area contributed by atoms with Crippen molar-refractivity contribution in [2.75, 3.05) is 11.9 Å². The smallest absolute Gasteiger partial charge is 0.262 e. The molecule has 0 aliphatic carbocycles. The van der Waals surface area contributed by atoms with E-state index in [9.17, 15) is 4.79 Å². The fourth-order valence-electron chi connectivity index (χ4n) is 1.90. The molecule has 1 amide bonds. The van der Waals surface area contributed by atoms with Gasteiger partial charge in [0.2, 0.25) is 0 Å². The highest BCUT2D eigenvalue weighted by atomic mass is 16.5. The molecular weight excluding hydrogens is 244 g/mol. The standard InChI is InChI=1S/C13H12N4O2/c14-6-12-15-4-3-9(16-12)8-1-2-11-10(5-8)17-13(18)7-19-11/h1-5H,6-7,14H2,(H,17,18). The molecule has 0 fully saturated rings. The van der Waals surface area contributed by atoms with Crippen molar-refractivity contribution >= 4 is 11.6 Å². The van der Waals surface area contributed by atoms with E-state index < -0.39 is 0 Å². The number of carbonyl (C=O) groups is 1. The molecule has 6 nitrogen and oxygen atoms in total. The van der Waals surface area contributed by atoms with Crippen LogP contribution in [0.5, 0.6) is 5.75 Å². The van der Waals surface area contributed by atoms with Gasteiger partial charge in [0.1, 0.15) is 11.6 Å². The van der Waals surface area contributed by atoms with Gasteiger partial charge in [-0.3, -0.25) is 4.79 Å². The number of aromatic nitrogens is 2. The molecule has 2 aromatic rings. The van der Waals surface area contributed by atoms with Crippen LogP contribution in [0.1, 0.15) is 5.82 Å². The number of ether oxygens (including phenoxy) is 1. The first kappa shape index (κ1) is 11.6. The molecule has 0 saturated heterocycles. The summed E-state index contributed by atoms with van der Waals surface area (Å²) in [6.45, 7) is 0.343. The molecule has 2 heterocycles. The zero-order chi connectivity index (χ0) is 13.2. The Kier molecular flexibility index (Phi) is 2.85. The molecule has 0 bridgehead atoms. The summed E-state index contributed by atoms with van der Waals surface area (Å²) in [6.07, 6.45) is 1.67. The highest BCUT2D eigenvalue weighted by Crippen LogP contribution is 2.31. The normalized spacial score (nSPS) is 13.4. The van der Waals surface area contributed by atoms with Crippen molar-refractivity contribution in [1.29, 1.82) is 0 Å². The number of hydrogen-bond donors (Lipinski definition) is 2. The van der Waals surface area contributed by atoms with Gasteiger partial charge in [0.25, 0.3) is 5.91 Å². The molecule has 96 valence electrons. The van der Waals surface area contributed by atoms with Gasteiger partial charge in [0, 0.05) is 11.8 Å². The van der Waals surface area contributed by atoms with Crippen molar-refractivity contribution < 1.29 is 9.53 Å². The molecule has 6 heteroatoms. The fraction of sp³-hybridized carbons (Fsp3) is 0.154. The molecular formula is C13H12N4O2. The lowest BCUT2D eigenvalue weighted by molar-refractivity contribution is -0.118. The number of hydrogen-bond acceptors (Lipinski definition) is 5. The van der Waals surface area contributed by atoms with E-state index in [4.69, 9.17) is 10.5 Å². The average molecular weight is 256 g/mol. The number of nitrogens with zero attached hydrogens (tertiary/aromatic N) is 2. The van der Waals surface area contributed by atoms with Crippen LogP contribution in [0.15, 0.2) is 30.5 Å². The van der Waals surface area contributed by atoms with Crippen molar-refractivity contribution in [3.8, 4) is 17.0 Å². The molecule has 0 atom stereocenters. The zero-order valence-electron chi connectivity index (χ0n) is 10.1. The summed E-state index contributed by atoms with van der Waals surface area (Å²) in [6, 6.07) is 7.33. The molecule has 3 rings (SSSR count). The summed E-state index contributed by atoms with van der Waals surface area (Å²) >= 11 is 0. The number of anilines is 1. The van der Waals surface area contributed by atoms with Crippen LogP contribution in [0, 0.1) is 0 Å². The van der Waals surface area contributed by atoms with Crippen LogP contribution < -0.4 is 15.8 Å². The maximum Gasteiger partial charge on any atom is 0.262 e. The highest BCUT2D eigenvalue weighted by molar-refractivity contribution is 5.96. The van der Waals surface area contributed by atoms with E-state index in [1.54, 1.807) is 12.3 Å². The van der Waals surface area contributed by atoms with Gasteiger partial charge in [-0.25, -0.2) is 9.97 Å². The maximum absolute atomic E-state index is 11.3. The van der Waals surface area contributed by atoms with E-state index in [2.05, 4.69) is 15.3 Å². The minimum atomic E-state index is -0.157. The number of amides is 1. The third-order valence-corrected chi connectivity index (χ3v) is 2.80. The predicted octanol–water partition coefficient (Wildman–Crippen LogP) is 0.933. The number of rotatable bonds is 2. The van der Waals surface area contributed by atoms with Gasteiger partial charge in [-0.15, -0.1) is 0 Å². The van der Waals surface area contributed by atoms with Crippen LogP contribution in [-0.4, -0.2) is 22.5 Å². The lowest BCUT2D eigenvalue weighted by Crippen LogP contribution is -2.25. The molecule has 0 saturated carbocycles. The lowest BCUT2D eigenvalue weighted by Gasteiger charge is -2.18. The zero-order valence-corrected chi connectivity index (χ0v) is 10.1. The number of fused-ring (bicyclic) bond motifs is 1. The predicted molar refractivity (Wildman–Crippen MR) is 69.5 cm³/mol. The molecule has 1 aliphatic rings. The van der Waals surface area contributed by atoms with E-state index in [0.717, 1.165) is 11.3 Å². The minimum Gasteiger partial charge on any atom is -0.482 e. The third kappa shape index (κ3) is 2.25. The van der Waals surface area contributed by atoms with Crippen LogP contribution in [0.3, 0.4) is 0 Å². The Morgan fingerprint density at radius 3 is 3.11 bits per heavy atom. The van der Waals surface area contributed by atoms with Crippen LogP contribution >= 0.6 is 0 Å². The van der Waals surface area contributed by atoms with Crippen LogP contribution in [0.2, 0.25) is 0 Å². The van der Waals surface area contributed by atoms with E-state index >= 15 is 0 Å². The van der Waals surface area contributed by atoms with E-state index in [-0.39, 0.29) is 12.5 Å². The van der Waals surface area contributed by atoms with Crippen LogP contribution in [0.4, 0.5) is 5.69 Å². The molecule has 3 N–H and O–H groups in total. The summed E-state index contributed by atoms with van der Waals surface area (Å²) in [4.78, 5) is 19.7. The Balaban J connectivity index is 2.01. The molecule has 1 aromatic heterocycles. The average Bonchev–Trinajstić information content (AvgIpc) is 2.46. The minimum absolute atomic E-state index is 0.0528. The molecule has 0 spiro atoms. The molecule has 0 radical (unpaired) electrons. The topological polar surface area (TPSA) is 90.1 Å². The Labute approximate surface area is 109 Å². The Morgan fingerprint density at radius 2 is 2.26 bits per heavy atom. The van der Waals surface area contributed by atoms with Gasteiger partial charge >= 0.3 is 0 Å². The third-order valence-electron chi connectivity index (χ3n) is 2.80. The number of carbonyl (C=O) groups excluding carboxylic acids is 1. The van der Waals surface area contributed by atoms with E-state index in [1.807, 2.05) is 18.2 Å². The largest absolute Gasteiger partial charge is 0.482 e. The Bertz CT molecular complexity index is 642. The fourth-order valence-corrected chi connectivity index (χ4v) is 1.90. The summed E-state index contributed by atoms with van der Waals surface area (Å²) < 4.78 is 5.31. The van der Waals surface area contributed by atoms with Crippen molar-refractivity contribution in [3.05, 3.63) is 36.3 Å². The summed E-state index contributed by atoms with van der Waals surface area (Å²) in [5.74, 6) is 1.09. The summed E-state index contributed by atoms with van der Waals surface area (Å²) in [5, 5.41) is 2.77. The van der Waals surface area contributed by atoms with Crippen molar-refractivity contribution in [1.82, 2.24) is 9.97 Å². The van der Waals surface area contributed by atoms with Crippen molar-refractivity contribution in [3.63, 3.8) is 0 Å². The van der Waals surface area contributed by atoms with Gasteiger partial charge in [-0.1, -0.05) is 0 Å².